The van der Waals surface area contributed by atoms with Gasteiger partial charge in [0.25, 0.3) is 0 Å². The number of aryl methyl sites for hydroxylation is 1. The third kappa shape index (κ3) is 3.74. The highest BCUT2D eigenvalue weighted by molar-refractivity contribution is 7.99. The number of anilines is 2. The zero-order valence-corrected chi connectivity index (χ0v) is 25.5. The van der Waals surface area contributed by atoms with E-state index in [1.807, 2.05) is 11.8 Å². The van der Waals surface area contributed by atoms with Crippen LogP contribution < -0.4 is 4.90 Å². The third-order valence-corrected chi connectivity index (χ3v) is 10.4. The molecule has 0 aromatic heterocycles. The van der Waals surface area contributed by atoms with Crippen LogP contribution >= 0.6 is 11.8 Å². The summed E-state index contributed by atoms with van der Waals surface area (Å²) in [7, 11) is 2.19. The molecule has 0 fully saturated rings. The van der Waals surface area contributed by atoms with Crippen molar-refractivity contribution in [3.63, 3.8) is 0 Å². The molecule has 0 aliphatic carbocycles. The fraction of sp³-hybridized carbons (Fsp3) is 0.0476. The molecule has 2 heteroatoms. The standard InChI is InChI=1S/C42H29NS/c1-26-19-21-34-35(23-26)41(28-20-22-40-38(25-28)43(2)37-17-9-10-18-39(37)44-40)32-15-7-8-16-33(32)42(34)36-24-27-11-3-4-12-29(27)30-13-5-6-14-31(30)36/h3-25H,1-2H3. The minimum absolute atomic E-state index is 1.25. The molecule has 0 unspecified atom stereocenters. The molecule has 1 aliphatic heterocycles. The summed E-state index contributed by atoms with van der Waals surface area (Å²) in [4.78, 5) is 4.93. The first kappa shape index (κ1) is 25.4. The number of fused-ring (bicyclic) bond motifs is 7. The first-order chi connectivity index (χ1) is 21.7. The minimum Gasteiger partial charge on any atom is -0.343 e. The summed E-state index contributed by atoms with van der Waals surface area (Å²) in [5, 5.41) is 10.3. The second-order valence-electron chi connectivity index (χ2n) is 11.8. The van der Waals surface area contributed by atoms with Gasteiger partial charge in [0.1, 0.15) is 0 Å². The molecule has 0 amide bonds. The molecule has 0 N–H and O–H groups in total. The molecule has 1 nitrogen and oxygen atoms in total. The van der Waals surface area contributed by atoms with Gasteiger partial charge < -0.3 is 4.90 Å². The van der Waals surface area contributed by atoms with Gasteiger partial charge in [-0.1, -0.05) is 127 Å². The molecule has 0 saturated carbocycles. The number of para-hydroxylation sites is 1. The molecule has 8 aromatic carbocycles. The molecular weight excluding hydrogens is 551 g/mol. The van der Waals surface area contributed by atoms with Crippen LogP contribution in [-0.4, -0.2) is 7.05 Å². The van der Waals surface area contributed by atoms with E-state index in [4.69, 9.17) is 0 Å². The van der Waals surface area contributed by atoms with Gasteiger partial charge in [0.15, 0.2) is 0 Å². The van der Waals surface area contributed by atoms with Gasteiger partial charge in [-0.15, -0.1) is 0 Å². The van der Waals surface area contributed by atoms with Gasteiger partial charge in [0.2, 0.25) is 0 Å². The molecule has 9 rings (SSSR count). The summed E-state index contributed by atoms with van der Waals surface area (Å²) >= 11 is 1.86. The fourth-order valence-electron chi connectivity index (χ4n) is 7.24. The van der Waals surface area contributed by atoms with E-state index in [1.165, 1.54) is 92.1 Å². The van der Waals surface area contributed by atoms with Crippen molar-refractivity contribution in [2.45, 2.75) is 16.7 Å². The van der Waals surface area contributed by atoms with E-state index in [-0.39, 0.29) is 0 Å². The van der Waals surface area contributed by atoms with Crippen molar-refractivity contribution in [2.75, 3.05) is 11.9 Å². The molecule has 44 heavy (non-hydrogen) atoms. The Bertz CT molecular complexity index is 2460. The summed E-state index contributed by atoms with van der Waals surface area (Å²) in [6.07, 6.45) is 0. The number of benzene rings is 8. The monoisotopic (exact) mass is 579 g/mol. The van der Waals surface area contributed by atoms with E-state index >= 15 is 0 Å². The van der Waals surface area contributed by atoms with Gasteiger partial charge in [0.05, 0.1) is 11.4 Å². The molecule has 0 bridgehead atoms. The summed E-state index contributed by atoms with van der Waals surface area (Å²) in [5.41, 5.74) is 8.91. The van der Waals surface area contributed by atoms with E-state index in [9.17, 15) is 0 Å². The normalized spacial score (nSPS) is 12.6. The van der Waals surface area contributed by atoms with E-state index in [1.54, 1.807) is 0 Å². The molecule has 1 aliphatic rings. The predicted molar refractivity (Wildman–Crippen MR) is 191 cm³/mol. The van der Waals surface area contributed by atoms with Crippen LogP contribution in [0.5, 0.6) is 0 Å². The summed E-state index contributed by atoms with van der Waals surface area (Å²) in [5.74, 6) is 0. The lowest BCUT2D eigenvalue weighted by Crippen LogP contribution is -2.14. The molecule has 208 valence electrons. The van der Waals surface area contributed by atoms with Crippen LogP contribution in [-0.2, 0) is 0 Å². The Morgan fingerprint density at radius 1 is 0.455 bits per heavy atom. The highest BCUT2D eigenvalue weighted by Crippen LogP contribution is 2.51. The summed E-state index contributed by atoms with van der Waals surface area (Å²) in [6, 6.07) is 51.8. The molecular formula is C42H29NS. The fourth-order valence-corrected chi connectivity index (χ4v) is 8.37. The van der Waals surface area contributed by atoms with E-state index in [2.05, 4.69) is 158 Å². The van der Waals surface area contributed by atoms with Gasteiger partial charge in [-0.2, -0.15) is 0 Å². The third-order valence-electron chi connectivity index (χ3n) is 9.27. The van der Waals surface area contributed by atoms with Crippen LogP contribution in [0.4, 0.5) is 11.4 Å². The summed E-state index contributed by atoms with van der Waals surface area (Å²) < 4.78 is 0. The average Bonchev–Trinajstić information content (AvgIpc) is 3.07. The van der Waals surface area contributed by atoms with E-state index in [0.717, 1.165) is 0 Å². The van der Waals surface area contributed by atoms with Gasteiger partial charge in [-0.25, -0.2) is 0 Å². The Morgan fingerprint density at radius 2 is 1.09 bits per heavy atom. The van der Waals surface area contributed by atoms with Gasteiger partial charge >= 0.3 is 0 Å². The van der Waals surface area contributed by atoms with Crippen molar-refractivity contribution in [3.8, 4) is 22.3 Å². The maximum absolute atomic E-state index is 2.40. The van der Waals surface area contributed by atoms with Gasteiger partial charge in [-0.3, -0.25) is 0 Å². The van der Waals surface area contributed by atoms with Crippen LogP contribution in [0, 0.1) is 6.92 Å². The Hall–Kier alpha value is -5.05. The number of rotatable bonds is 2. The average molecular weight is 580 g/mol. The zero-order chi connectivity index (χ0) is 29.4. The van der Waals surface area contributed by atoms with Crippen molar-refractivity contribution < 1.29 is 0 Å². The van der Waals surface area contributed by atoms with E-state index < -0.39 is 0 Å². The van der Waals surface area contributed by atoms with Crippen LogP contribution in [0.3, 0.4) is 0 Å². The molecule has 1 heterocycles. The summed E-state index contributed by atoms with van der Waals surface area (Å²) in [6.45, 7) is 2.21. The number of nitrogens with zero attached hydrogens (tertiary/aromatic N) is 1. The lowest BCUT2D eigenvalue weighted by atomic mass is 9.83. The first-order valence-electron chi connectivity index (χ1n) is 15.2. The van der Waals surface area contributed by atoms with Crippen molar-refractivity contribution in [1.82, 2.24) is 0 Å². The van der Waals surface area contributed by atoms with Crippen LogP contribution in [0.25, 0.3) is 65.3 Å². The zero-order valence-electron chi connectivity index (χ0n) is 24.6. The lowest BCUT2D eigenvalue weighted by molar-refractivity contribution is 1.11. The SMILES string of the molecule is Cc1ccc2c(-c3cc4ccccc4c4ccccc34)c3ccccc3c(-c3ccc4c(c3)N(C)c3ccccc3S4)c2c1. The largest absolute Gasteiger partial charge is 0.343 e. The van der Waals surface area contributed by atoms with Crippen molar-refractivity contribution in [1.29, 1.82) is 0 Å². The number of hydrogen-bond donors (Lipinski definition) is 0. The van der Waals surface area contributed by atoms with Crippen LogP contribution in [0.1, 0.15) is 5.56 Å². The van der Waals surface area contributed by atoms with Crippen molar-refractivity contribution in [2.24, 2.45) is 0 Å². The Labute approximate surface area is 261 Å². The Morgan fingerprint density at radius 3 is 1.93 bits per heavy atom. The molecule has 0 atom stereocenters. The maximum Gasteiger partial charge on any atom is 0.0556 e. The van der Waals surface area contributed by atoms with E-state index in [0.29, 0.717) is 0 Å². The smallest absolute Gasteiger partial charge is 0.0556 e. The van der Waals surface area contributed by atoms with Crippen LogP contribution in [0.15, 0.2) is 149 Å². The molecule has 0 radical (unpaired) electrons. The Balaban J connectivity index is 1.38. The maximum atomic E-state index is 2.40. The Kier molecular flexibility index (Phi) is 5.63. The minimum atomic E-state index is 1.25. The molecule has 8 aromatic rings. The second-order valence-corrected chi connectivity index (χ2v) is 12.9. The lowest BCUT2D eigenvalue weighted by Gasteiger charge is -2.30. The highest BCUT2D eigenvalue weighted by Gasteiger charge is 2.23. The van der Waals surface area contributed by atoms with Crippen molar-refractivity contribution >= 4 is 66.2 Å². The van der Waals surface area contributed by atoms with Gasteiger partial charge in [0, 0.05) is 16.8 Å². The first-order valence-corrected chi connectivity index (χ1v) is 16.0. The predicted octanol–water partition coefficient (Wildman–Crippen LogP) is 12.2. The van der Waals surface area contributed by atoms with Crippen molar-refractivity contribution in [3.05, 3.63) is 145 Å². The quantitative estimate of drug-likeness (QED) is 0.148. The number of hydrogen-bond acceptors (Lipinski definition) is 2. The van der Waals surface area contributed by atoms with Crippen LogP contribution in [0.2, 0.25) is 0 Å². The highest BCUT2D eigenvalue weighted by atomic mass is 32.2. The second kappa shape index (κ2) is 9.74. The molecule has 0 saturated heterocycles. The van der Waals surface area contributed by atoms with Gasteiger partial charge in [-0.05, 0) is 103 Å². The topological polar surface area (TPSA) is 3.24 Å². The molecule has 0 spiro atoms.